The number of benzene rings is 2. The van der Waals surface area contributed by atoms with Crippen LogP contribution in [0.3, 0.4) is 0 Å². The van der Waals surface area contributed by atoms with Crippen LogP contribution in [-0.2, 0) is 15.9 Å². The molecular formula is C37H56O4. The minimum Gasteiger partial charge on any atom is -0.493 e. The highest BCUT2D eigenvalue weighted by molar-refractivity contribution is 5.47. The van der Waals surface area contributed by atoms with Gasteiger partial charge in [-0.3, -0.25) is 0 Å². The van der Waals surface area contributed by atoms with E-state index in [2.05, 4.69) is 65.8 Å². The zero-order chi connectivity index (χ0) is 29.2. The molecule has 41 heavy (non-hydrogen) atoms. The smallest absolute Gasteiger partial charge is 0.125 e. The predicted molar refractivity (Wildman–Crippen MR) is 170 cm³/mol. The Morgan fingerprint density at radius 2 is 0.951 bits per heavy atom. The predicted octanol–water partition coefficient (Wildman–Crippen LogP) is 9.24. The first kappa shape index (κ1) is 31.9. The number of ether oxygens (including phenoxy) is 4. The summed E-state index contributed by atoms with van der Waals surface area (Å²) in [6.45, 7) is 16.8. The van der Waals surface area contributed by atoms with Crippen molar-refractivity contribution in [2.45, 2.75) is 124 Å². The number of unbranched alkanes of at least 4 members (excludes halogenated alkanes) is 2. The van der Waals surface area contributed by atoms with Crippen LogP contribution in [0.2, 0.25) is 0 Å². The van der Waals surface area contributed by atoms with Crippen molar-refractivity contribution in [2.75, 3.05) is 26.4 Å². The Bertz CT molecular complexity index is 953. The standard InChI is InChI=1S/C37H56O4/c1-7-9-13-32(34-24-40-34)15-11-17-38-36-26(3)19-30(20-27(36)4)23-31-21-28(5)37(29(6)22-31)39-18-12-16-33(14-10-8-2)35-25-41-35/h19-22,32-35H,7-18,23-25H2,1-6H3. The first-order valence-electron chi connectivity index (χ1n) is 16.6. The largest absolute Gasteiger partial charge is 0.493 e. The topological polar surface area (TPSA) is 43.5 Å². The van der Waals surface area contributed by atoms with Crippen LogP contribution in [0.25, 0.3) is 0 Å². The van der Waals surface area contributed by atoms with Gasteiger partial charge in [0.15, 0.2) is 0 Å². The molecule has 0 N–H and O–H groups in total. The van der Waals surface area contributed by atoms with Gasteiger partial charge in [0, 0.05) is 0 Å². The molecule has 2 saturated heterocycles. The molecule has 0 aliphatic carbocycles. The molecule has 0 saturated carbocycles. The molecule has 0 amide bonds. The highest BCUT2D eigenvalue weighted by Crippen LogP contribution is 2.32. The Hall–Kier alpha value is -2.04. The highest BCUT2D eigenvalue weighted by atomic mass is 16.6. The molecule has 4 nitrogen and oxygen atoms in total. The zero-order valence-electron chi connectivity index (χ0n) is 26.9. The number of aryl methyl sites for hydroxylation is 4. The molecule has 2 aliphatic rings. The summed E-state index contributed by atoms with van der Waals surface area (Å²) in [7, 11) is 0. The van der Waals surface area contributed by atoms with Gasteiger partial charge >= 0.3 is 0 Å². The van der Waals surface area contributed by atoms with Gasteiger partial charge in [-0.2, -0.15) is 0 Å². The van der Waals surface area contributed by atoms with Gasteiger partial charge in [0.25, 0.3) is 0 Å². The molecule has 4 atom stereocenters. The molecule has 0 aromatic heterocycles. The molecule has 228 valence electrons. The maximum Gasteiger partial charge on any atom is 0.125 e. The van der Waals surface area contributed by atoms with E-state index in [4.69, 9.17) is 18.9 Å². The number of epoxide rings is 2. The van der Waals surface area contributed by atoms with Crippen molar-refractivity contribution in [3.63, 3.8) is 0 Å². The fourth-order valence-electron chi connectivity index (χ4n) is 6.63. The molecule has 0 spiro atoms. The summed E-state index contributed by atoms with van der Waals surface area (Å²) in [5.41, 5.74) is 7.60. The van der Waals surface area contributed by atoms with E-state index in [-0.39, 0.29) is 0 Å². The molecule has 2 aromatic rings. The van der Waals surface area contributed by atoms with Crippen molar-refractivity contribution in [1.29, 1.82) is 0 Å². The van der Waals surface area contributed by atoms with Crippen molar-refractivity contribution in [3.8, 4) is 11.5 Å². The Kier molecular flexibility index (Phi) is 12.4. The van der Waals surface area contributed by atoms with Gasteiger partial charge < -0.3 is 18.9 Å². The zero-order valence-corrected chi connectivity index (χ0v) is 26.9. The fourth-order valence-corrected chi connectivity index (χ4v) is 6.63. The third-order valence-corrected chi connectivity index (χ3v) is 9.01. The van der Waals surface area contributed by atoms with Gasteiger partial charge in [-0.1, -0.05) is 63.8 Å². The third-order valence-electron chi connectivity index (χ3n) is 9.01. The lowest BCUT2D eigenvalue weighted by Gasteiger charge is -2.18. The molecule has 0 bridgehead atoms. The minimum absolute atomic E-state index is 0.507. The lowest BCUT2D eigenvalue weighted by molar-refractivity contribution is 0.255. The Labute approximate surface area is 250 Å². The van der Waals surface area contributed by atoms with Crippen LogP contribution < -0.4 is 9.47 Å². The quantitative estimate of drug-likeness (QED) is 0.119. The maximum atomic E-state index is 6.31. The van der Waals surface area contributed by atoms with E-state index in [1.165, 1.54) is 84.7 Å². The molecule has 4 unspecified atom stereocenters. The van der Waals surface area contributed by atoms with E-state index < -0.39 is 0 Å². The van der Waals surface area contributed by atoms with Gasteiger partial charge in [0.1, 0.15) is 11.5 Å². The first-order chi connectivity index (χ1) is 19.9. The van der Waals surface area contributed by atoms with Gasteiger partial charge in [-0.25, -0.2) is 0 Å². The molecule has 0 radical (unpaired) electrons. The molecular weight excluding hydrogens is 508 g/mol. The Balaban J connectivity index is 1.26. The fraction of sp³-hybridized carbons (Fsp3) is 0.676. The summed E-state index contributed by atoms with van der Waals surface area (Å²) in [4.78, 5) is 0. The second kappa shape index (κ2) is 16.0. The van der Waals surface area contributed by atoms with Crippen LogP contribution in [0.15, 0.2) is 24.3 Å². The molecule has 4 rings (SSSR count). The van der Waals surface area contributed by atoms with Gasteiger partial charge in [0.05, 0.1) is 38.6 Å². The molecule has 2 aliphatic heterocycles. The van der Waals surface area contributed by atoms with Crippen LogP contribution in [0.5, 0.6) is 11.5 Å². The van der Waals surface area contributed by atoms with Gasteiger partial charge in [-0.15, -0.1) is 0 Å². The van der Waals surface area contributed by atoms with E-state index in [0.29, 0.717) is 24.0 Å². The second-order valence-electron chi connectivity index (χ2n) is 12.8. The summed E-state index contributed by atoms with van der Waals surface area (Å²) in [6.07, 6.45) is 14.2. The maximum absolute atomic E-state index is 6.31. The summed E-state index contributed by atoms with van der Waals surface area (Å²) < 4.78 is 23.8. The van der Waals surface area contributed by atoms with E-state index in [0.717, 1.165) is 57.2 Å². The van der Waals surface area contributed by atoms with Crippen LogP contribution >= 0.6 is 0 Å². The van der Waals surface area contributed by atoms with Crippen molar-refractivity contribution in [2.24, 2.45) is 11.8 Å². The molecule has 2 fully saturated rings. The van der Waals surface area contributed by atoms with Crippen molar-refractivity contribution in [1.82, 2.24) is 0 Å². The normalized spacial score (nSPS) is 19.2. The van der Waals surface area contributed by atoms with Crippen molar-refractivity contribution >= 4 is 0 Å². The highest BCUT2D eigenvalue weighted by Gasteiger charge is 2.32. The second-order valence-corrected chi connectivity index (χ2v) is 12.8. The average molecular weight is 565 g/mol. The number of rotatable bonds is 20. The van der Waals surface area contributed by atoms with Gasteiger partial charge in [-0.05, 0) is 118 Å². The lowest BCUT2D eigenvalue weighted by Crippen LogP contribution is -2.11. The number of hydrogen-bond acceptors (Lipinski definition) is 4. The summed E-state index contributed by atoms with van der Waals surface area (Å²) >= 11 is 0. The Morgan fingerprint density at radius 3 is 1.27 bits per heavy atom. The van der Waals surface area contributed by atoms with E-state index in [9.17, 15) is 0 Å². The van der Waals surface area contributed by atoms with E-state index >= 15 is 0 Å². The minimum atomic E-state index is 0.507. The van der Waals surface area contributed by atoms with Gasteiger partial charge in [0.2, 0.25) is 0 Å². The van der Waals surface area contributed by atoms with E-state index in [1.54, 1.807) is 0 Å². The van der Waals surface area contributed by atoms with Crippen LogP contribution in [0.4, 0.5) is 0 Å². The summed E-state index contributed by atoms with van der Waals surface area (Å²) in [6, 6.07) is 9.21. The van der Waals surface area contributed by atoms with Crippen molar-refractivity contribution < 1.29 is 18.9 Å². The number of hydrogen-bond donors (Lipinski definition) is 0. The SMILES string of the molecule is CCCCC(CCCOc1c(C)cc(Cc2cc(C)c(OCCCC(CCCC)C3CO3)c(C)c2)cc1C)C1CO1. The molecule has 2 aromatic carbocycles. The van der Waals surface area contributed by atoms with Crippen LogP contribution in [0.1, 0.15) is 111 Å². The van der Waals surface area contributed by atoms with Crippen LogP contribution in [-0.4, -0.2) is 38.6 Å². The average Bonchev–Trinajstić information content (AvgIpc) is 3.84. The Morgan fingerprint density at radius 1 is 0.610 bits per heavy atom. The van der Waals surface area contributed by atoms with Crippen molar-refractivity contribution in [3.05, 3.63) is 57.6 Å². The van der Waals surface area contributed by atoms with Crippen LogP contribution in [0, 0.1) is 39.5 Å². The molecule has 4 heteroatoms. The van der Waals surface area contributed by atoms with E-state index in [1.807, 2.05) is 0 Å². The first-order valence-corrected chi connectivity index (χ1v) is 16.6. The summed E-state index contributed by atoms with van der Waals surface area (Å²) in [5, 5.41) is 0. The monoisotopic (exact) mass is 564 g/mol. The summed E-state index contributed by atoms with van der Waals surface area (Å²) in [5.74, 6) is 3.53. The molecule has 2 heterocycles. The lowest BCUT2D eigenvalue weighted by atomic mass is 9.94. The third kappa shape index (κ3) is 10.0.